The van der Waals surface area contributed by atoms with E-state index < -0.39 is 29.7 Å². The van der Waals surface area contributed by atoms with Gasteiger partial charge < -0.3 is 19.1 Å². The Bertz CT molecular complexity index is 790. The zero-order chi connectivity index (χ0) is 20.6. The van der Waals surface area contributed by atoms with E-state index in [4.69, 9.17) is 60.8 Å². The highest BCUT2D eigenvalue weighted by Gasteiger charge is 2.46. The van der Waals surface area contributed by atoms with Gasteiger partial charge in [-0.25, -0.2) is 9.36 Å². The molecule has 0 saturated carbocycles. The number of benzene rings is 2. The molecule has 0 aliphatic carbocycles. The van der Waals surface area contributed by atoms with Crippen LogP contribution in [-0.2, 0) is 14.1 Å². The Hall–Kier alpha value is -1.50. The molecule has 28 heavy (non-hydrogen) atoms. The number of rotatable bonds is 9. The van der Waals surface area contributed by atoms with E-state index in [1.165, 1.54) is 0 Å². The van der Waals surface area contributed by atoms with Gasteiger partial charge in [-0.3, -0.25) is 0 Å². The molecule has 2 rings (SSSR count). The van der Waals surface area contributed by atoms with Crippen molar-refractivity contribution < 1.29 is 23.1 Å². The van der Waals surface area contributed by atoms with Crippen LogP contribution in [0.1, 0.15) is 0 Å². The van der Waals surface area contributed by atoms with Crippen molar-refractivity contribution in [3.63, 3.8) is 0 Å². The fourth-order valence-electron chi connectivity index (χ4n) is 1.97. The Morgan fingerprint density at radius 2 is 1.50 bits per heavy atom. The van der Waals surface area contributed by atoms with Crippen LogP contribution in [0.5, 0.6) is 11.5 Å². The van der Waals surface area contributed by atoms with E-state index in [-0.39, 0.29) is 11.5 Å². The molecule has 0 heterocycles. The third-order valence-electron chi connectivity index (χ3n) is 3.10. The lowest BCUT2D eigenvalue weighted by Gasteiger charge is -2.26. The highest BCUT2D eigenvalue weighted by Crippen LogP contribution is 2.52. The van der Waals surface area contributed by atoms with E-state index in [1.54, 1.807) is 60.7 Å². The molecule has 1 unspecified atom stereocenters. The second kappa shape index (κ2) is 10.3. The van der Waals surface area contributed by atoms with Crippen LogP contribution in [0.2, 0.25) is 0 Å². The summed E-state index contributed by atoms with van der Waals surface area (Å²) in [6.07, 6.45) is 0. The first-order valence-corrected chi connectivity index (χ1v) is 11.0. The molecule has 0 aromatic heterocycles. The van der Waals surface area contributed by atoms with Crippen LogP contribution >= 0.6 is 54.6 Å². The first-order valence-electron chi connectivity index (χ1n) is 7.75. The van der Waals surface area contributed by atoms with E-state index in [0.29, 0.717) is 0 Å². The molecule has 0 amide bonds. The summed E-state index contributed by atoms with van der Waals surface area (Å²) in [5, 5.41) is 2.47. The zero-order valence-corrected chi connectivity index (χ0v) is 18.1. The van der Waals surface area contributed by atoms with Crippen molar-refractivity contribution in [1.29, 1.82) is 0 Å². The predicted molar refractivity (Wildman–Crippen MR) is 114 cm³/mol. The molecule has 11 heteroatoms. The van der Waals surface area contributed by atoms with Crippen LogP contribution in [0, 0.1) is 0 Å². The van der Waals surface area contributed by atoms with Gasteiger partial charge in [-0.1, -0.05) is 83.4 Å². The molecule has 0 aliphatic rings. The third-order valence-corrected chi connectivity index (χ3v) is 5.48. The molecular weight excluding hydrogens is 468 g/mol. The largest absolute Gasteiger partial charge is 0.464 e. The van der Waals surface area contributed by atoms with Gasteiger partial charge in [-0.05, 0) is 24.3 Å². The standard InChI is InChI=1S/C17H15Cl3NO5PS/c18-17(19,20)11-24-16(22)15(21-12-28)27(23,25-13-7-3-1-4-8-13)26-14-9-5-2-6-10-14/h1-10,12,15H,11H2,(H,21,28). The molecule has 150 valence electrons. The summed E-state index contributed by atoms with van der Waals surface area (Å²) in [6.45, 7) is -0.567. The smallest absolute Gasteiger partial charge is 0.459 e. The first-order chi connectivity index (χ1) is 13.2. The van der Waals surface area contributed by atoms with E-state index in [0.717, 1.165) is 5.49 Å². The molecule has 2 aromatic carbocycles. The Labute approximate surface area is 182 Å². The molecule has 0 radical (unpaired) electrons. The van der Waals surface area contributed by atoms with Crippen LogP contribution in [0.4, 0.5) is 0 Å². The maximum absolute atomic E-state index is 13.6. The van der Waals surface area contributed by atoms with Crippen molar-refractivity contribution in [2.24, 2.45) is 0 Å². The fraction of sp³-hybridized carbons (Fsp3) is 0.176. The highest BCUT2D eigenvalue weighted by atomic mass is 35.6. The monoisotopic (exact) mass is 481 g/mol. The number of esters is 1. The average molecular weight is 483 g/mol. The van der Waals surface area contributed by atoms with Crippen LogP contribution in [0.15, 0.2) is 60.7 Å². The first kappa shape index (κ1) is 22.8. The number of ether oxygens (including phenoxy) is 1. The SMILES string of the molecule is O=C(OCC(Cl)(Cl)Cl)C(NC=S)P(=O)(Oc1ccccc1)Oc1ccccc1. The summed E-state index contributed by atoms with van der Waals surface area (Å²) >= 11 is 21.6. The minimum Gasteiger partial charge on any atom is -0.459 e. The van der Waals surface area contributed by atoms with Crippen LogP contribution in [-0.4, -0.2) is 27.6 Å². The van der Waals surface area contributed by atoms with Gasteiger partial charge in [0.1, 0.15) is 18.1 Å². The van der Waals surface area contributed by atoms with Gasteiger partial charge in [0.15, 0.2) is 0 Å². The van der Waals surface area contributed by atoms with Crippen LogP contribution in [0.3, 0.4) is 0 Å². The van der Waals surface area contributed by atoms with Gasteiger partial charge in [0, 0.05) is 0 Å². The minimum atomic E-state index is -4.24. The molecular formula is C17H15Cl3NO5PS. The second-order valence-corrected chi connectivity index (χ2v) is 9.97. The number of thiocarbonyl (C=S) groups is 1. The summed E-state index contributed by atoms with van der Waals surface area (Å²) in [7, 11) is -4.24. The summed E-state index contributed by atoms with van der Waals surface area (Å²) in [4.78, 5) is 12.5. The summed E-state index contributed by atoms with van der Waals surface area (Å²) in [5.74, 6) is -2.19. The van der Waals surface area contributed by atoms with Gasteiger partial charge in [0.2, 0.25) is 3.79 Å². The lowest BCUT2D eigenvalue weighted by Crippen LogP contribution is -2.40. The Balaban J connectivity index is 2.36. The number of hydrogen-bond donors (Lipinski definition) is 1. The van der Waals surface area contributed by atoms with Crippen molar-refractivity contribution in [3.8, 4) is 11.5 Å². The van der Waals surface area contributed by atoms with Crippen LogP contribution in [0.25, 0.3) is 0 Å². The molecule has 0 fully saturated rings. The number of carbonyl (C=O) groups excluding carboxylic acids is 1. The van der Waals surface area contributed by atoms with Crippen molar-refractivity contribution in [1.82, 2.24) is 5.32 Å². The molecule has 0 bridgehead atoms. The van der Waals surface area contributed by atoms with Gasteiger partial charge in [-0.2, -0.15) is 0 Å². The van der Waals surface area contributed by atoms with Crippen molar-refractivity contribution >= 4 is 66.1 Å². The number of carbonyl (C=O) groups is 1. The number of nitrogens with one attached hydrogen (secondary N) is 1. The van der Waals surface area contributed by atoms with Gasteiger partial charge in [0.25, 0.3) is 5.78 Å². The number of hydrogen-bond acceptors (Lipinski definition) is 6. The highest BCUT2D eigenvalue weighted by molar-refractivity contribution is 7.78. The van der Waals surface area contributed by atoms with Gasteiger partial charge in [0.05, 0.1) is 5.49 Å². The topological polar surface area (TPSA) is 73.9 Å². The number of halogens is 3. The summed E-state index contributed by atoms with van der Waals surface area (Å²) in [6, 6.07) is 16.4. The van der Waals surface area contributed by atoms with E-state index in [9.17, 15) is 9.36 Å². The minimum absolute atomic E-state index is 0.215. The molecule has 1 N–H and O–H groups in total. The van der Waals surface area contributed by atoms with Crippen molar-refractivity contribution in [3.05, 3.63) is 60.7 Å². The Morgan fingerprint density at radius 1 is 1.04 bits per heavy atom. The maximum Gasteiger partial charge on any atom is 0.464 e. The quantitative estimate of drug-likeness (QED) is 0.230. The second-order valence-electron chi connectivity index (χ2n) is 5.26. The molecule has 0 aliphatic heterocycles. The van der Waals surface area contributed by atoms with Crippen LogP contribution < -0.4 is 14.4 Å². The fourth-order valence-corrected chi connectivity index (χ4v) is 4.04. The molecule has 0 saturated heterocycles. The van der Waals surface area contributed by atoms with E-state index in [1.807, 2.05) is 0 Å². The zero-order valence-electron chi connectivity index (χ0n) is 14.2. The van der Waals surface area contributed by atoms with Crippen molar-refractivity contribution in [2.45, 2.75) is 9.58 Å². The lowest BCUT2D eigenvalue weighted by atomic mass is 10.3. The molecule has 0 spiro atoms. The predicted octanol–water partition coefficient (Wildman–Crippen LogP) is 5.12. The molecule has 2 aromatic rings. The molecule has 6 nitrogen and oxygen atoms in total. The Kier molecular flexibility index (Phi) is 8.40. The maximum atomic E-state index is 13.6. The normalized spacial score (nSPS) is 12.5. The third kappa shape index (κ3) is 7.15. The Morgan fingerprint density at radius 3 is 1.89 bits per heavy atom. The molecule has 1 atom stereocenters. The van der Waals surface area contributed by atoms with Gasteiger partial charge >= 0.3 is 13.6 Å². The number of para-hydroxylation sites is 2. The van der Waals surface area contributed by atoms with Gasteiger partial charge in [-0.15, -0.1) is 0 Å². The lowest BCUT2D eigenvalue weighted by molar-refractivity contribution is -0.143. The van der Waals surface area contributed by atoms with E-state index in [2.05, 4.69) is 5.32 Å². The average Bonchev–Trinajstić information content (AvgIpc) is 2.65. The summed E-state index contributed by atoms with van der Waals surface area (Å²) < 4.78 is 27.9. The number of alkyl halides is 3. The van der Waals surface area contributed by atoms with E-state index >= 15 is 0 Å². The van der Waals surface area contributed by atoms with Crippen molar-refractivity contribution in [2.75, 3.05) is 6.61 Å². The summed E-state index contributed by atoms with van der Waals surface area (Å²) in [5.41, 5.74) is 0.997.